The lowest BCUT2D eigenvalue weighted by Gasteiger charge is -2.24. The fourth-order valence-electron chi connectivity index (χ4n) is 2.14. The topological polar surface area (TPSA) is 28.2 Å². The predicted molar refractivity (Wildman–Crippen MR) is 83.7 cm³/mol. The van der Waals surface area contributed by atoms with Gasteiger partial charge in [0.2, 0.25) is 0 Å². The van der Waals surface area contributed by atoms with Crippen molar-refractivity contribution in [2.75, 3.05) is 24.5 Å². The van der Waals surface area contributed by atoms with Gasteiger partial charge in [-0.1, -0.05) is 26.8 Å². The van der Waals surface area contributed by atoms with Crippen LogP contribution in [0.5, 0.6) is 0 Å². The molecule has 3 heteroatoms. The summed E-state index contributed by atoms with van der Waals surface area (Å²) in [6, 6.07) is 4.71. The molecule has 1 N–H and O–H groups in total. The van der Waals surface area contributed by atoms with Crippen molar-refractivity contribution in [3.63, 3.8) is 0 Å². The van der Waals surface area contributed by atoms with Crippen LogP contribution in [0.2, 0.25) is 0 Å². The second-order valence-electron chi connectivity index (χ2n) is 5.56. The average molecular weight is 263 g/mol. The molecule has 0 radical (unpaired) electrons. The summed E-state index contributed by atoms with van der Waals surface area (Å²) in [5.41, 5.74) is 1.26. The molecule has 0 aliphatic carbocycles. The fraction of sp³-hybridized carbons (Fsp3) is 0.688. The summed E-state index contributed by atoms with van der Waals surface area (Å²) >= 11 is 0. The molecular formula is C16H29N3. The summed E-state index contributed by atoms with van der Waals surface area (Å²) in [6.07, 6.45) is 3.17. The van der Waals surface area contributed by atoms with Gasteiger partial charge in [0, 0.05) is 25.3 Å². The van der Waals surface area contributed by atoms with Crippen LogP contribution in [0.4, 0.5) is 5.82 Å². The zero-order valence-electron chi connectivity index (χ0n) is 13.1. The minimum Gasteiger partial charge on any atom is -0.357 e. The number of rotatable bonds is 8. The zero-order valence-corrected chi connectivity index (χ0v) is 13.1. The lowest BCUT2D eigenvalue weighted by atomic mass is 10.1. The Morgan fingerprint density at radius 3 is 2.42 bits per heavy atom. The minimum atomic E-state index is 0.377. The first kappa shape index (κ1) is 16.0. The van der Waals surface area contributed by atoms with Crippen LogP contribution < -0.4 is 10.2 Å². The third-order valence-electron chi connectivity index (χ3n) is 3.26. The Morgan fingerprint density at radius 2 is 1.95 bits per heavy atom. The molecular weight excluding hydrogens is 234 g/mol. The summed E-state index contributed by atoms with van der Waals surface area (Å²) in [7, 11) is 0. The molecule has 0 spiro atoms. The van der Waals surface area contributed by atoms with E-state index < -0.39 is 0 Å². The predicted octanol–water partition coefficient (Wildman–Crippen LogP) is 3.62. The van der Waals surface area contributed by atoms with E-state index in [1.807, 2.05) is 6.20 Å². The van der Waals surface area contributed by atoms with Gasteiger partial charge in [-0.05, 0) is 44.4 Å². The van der Waals surface area contributed by atoms with E-state index in [4.69, 9.17) is 0 Å². The van der Waals surface area contributed by atoms with Crippen molar-refractivity contribution in [2.24, 2.45) is 5.92 Å². The van der Waals surface area contributed by atoms with E-state index in [9.17, 15) is 0 Å². The van der Waals surface area contributed by atoms with Gasteiger partial charge in [-0.2, -0.15) is 0 Å². The van der Waals surface area contributed by atoms with Crippen molar-refractivity contribution in [1.29, 1.82) is 0 Å². The van der Waals surface area contributed by atoms with Gasteiger partial charge < -0.3 is 10.2 Å². The van der Waals surface area contributed by atoms with E-state index in [1.54, 1.807) is 0 Å². The molecule has 108 valence electrons. The summed E-state index contributed by atoms with van der Waals surface area (Å²) in [5.74, 6) is 1.74. The highest BCUT2D eigenvalue weighted by Gasteiger charge is 2.09. The Balaban J connectivity index is 2.68. The van der Waals surface area contributed by atoms with Gasteiger partial charge in [-0.25, -0.2) is 4.98 Å². The summed E-state index contributed by atoms with van der Waals surface area (Å²) < 4.78 is 0. The van der Waals surface area contributed by atoms with Gasteiger partial charge in [0.25, 0.3) is 0 Å². The first-order valence-corrected chi connectivity index (χ1v) is 7.52. The van der Waals surface area contributed by atoms with Gasteiger partial charge in [0.05, 0.1) is 0 Å². The van der Waals surface area contributed by atoms with Crippen LogP contribution >= 0.6 is 0 Å². The van der Waals surface area contributed by atoms with E-state index in [0.29, 0.717) is 12.0 Å². The molecule has 1 heterocycles. The van der Waals surface area contributed by atoms with Crippen LogP contribution in [0.25, 0.3) is 0 Å². The SMILES string of the molecule is CCCNC(C)c1ccc(N(CC)CC(C)C)nc1. The normalized spacial score (nSPS) is 12.7. The molecule has 0 saturated heterocycles. The molecule has 0 aliphatic rings. The van der Waals surface area contributed by atoms with Gasteiger partial charge in [-0.15, -0.1) is 0 Å². The highest BCUT2D eigenvalue weighted by atomic mass is 15.2. The molecule has 0 bridgehead atoms. The molecule has 0 fully saturated rings. The number of aromatic nitrogens is 1. The number of pyridine rings is 1. The van der Waals surface area contributed by atoms with Crippen LogP contribution in [-0.2, 0) is 0 Å². The van der Waals surface area contributed by atoms with Crippen molar-refractivity contribution in [2.45, 2.75) is 47.1 Å². The van der Waals surface area contributed by atoms with E-state index in [-0.39, 0.29) is 0 Å². The Bertz CT molecular complexity index is 346. The largest absolute Gasteiger partial charge is 0.357 e. The maximum atomic E-state index is 4.62. The van der Waals surface area contributed by atoms with Gasteiger partial charge in [0.1, 0.15) is 5.82 Å². The minimum absolute atomic E-state index is 0.377. The van der Waals surface area contributed by atoms with Crippen molar-refractivity contribution in [3.05, 3.63) is 23.9 Å². The van der Waals surface area contributed by atoms with Crippen LogP contribution in [0.1, 0.15) is 52.6 Å². The molecule has 19 heavy (non-hydrogen) atoms. The lowest BCUT2D eigenvalue weighted by Crippen LogP contribution is -2.28. The quantitative estimate of drug-likeness (QED) is 0.776. The average Bonchev–Trinajstić information content (AvgIpc) is 2.42. The smallest absolute Gasteiger partial charge is 0.128 e. The molecule has 1 atom stereocenters. The van der Waals surface area contributed by atoms with Crippen LogP contribution in [-0.4, -0.2) is 24.6 Å². The Labute approximate surface area is 118 Å². The maximum absolute atomic E-state index is 4.62. The number of hydrogen-bond donors (Lipinski definition) is 1. The number of hydrogen-bond acceptors (Lipinski definition) is 3. The standard InChI is InChI=1S/C16H29N3/c1-6-10-17-14(5)15-8-9-16(18-11-15)19(7-2)12-13(3)4/h8-9,11,13-14,17H,6-7,10,12H2,1-5H3. The first-order valence-electron chi connectivity index (χ1n) is 7.52. The fourth-order valence-corrected chi connectivity index (χ4v) is 2.14. The third-order valence-corrected chi connectivity index (χ3v) is 3.26. The molecule has 1 rings (SSSR count). The third kappa shape index (κ3) is 5.19. The Hall–Kier alpha value is -1.09. The molecule has 0 aromatic carbocycles. The first-order chi connectivity index (χ1) is 9.08. The van der Waals surface area contributed by atoms with Crippen molar-refractivity contribution >= 4 is 5.82 Å². The van der Waals surface area contributed by atoms with E-state index in [2.05, 4.69) is 62.0 Å². The number of nitrogens with one attached hydrogen (secondary N) is 1. The van der Waals surface area contributed by atoms with E-state index in [1.165, 1.54) is 5.56 Å². The van der Waals surface area contributed by atoms with Crippen molar-refractivity contribution in [3.8, 4) is 0 Å². The summed E-state index contributed by atoms with van der Waals surface area (Å²) in [4.78, 5) is 6.95. The van der Waals surface area contributed by atoms with Crippen LogP contribution in [0, 0.1) is 5.92 Å². The Kier molecular flexibility index (Phi) is 6.85. The lowest BCUT2D eigenvalue weighted by molar-refractivity contribution is 0.568. The van der Waals surface area contributed by atoms with Crippen LogP contribution in [0.15, 0.2) is 18.3 Å². The summed E-state index contributed by atoms with van der Waals surface area (Å²) in [5, 5.41) is 3.49. The summed E-state index contributed by atoms with van der Waals surface area (Å²) in [6.45, 7) is 14.2. The molecule has 3 nitrogen and oxygen atoms in total. The molecule has 0 aliphatic heterocycles. The van der Waals surface area contributed by atoms with Gasteiger partial charge in [0.15, 0.2) is 0 Å². The number of anilines is 1. The van der Waals surface area contributed by atoms with Gasteiger partial charge in [-0.3, -0.25) is 0 Å². The van der Waals surface area contributed by atoms with E-state index in [0.717, 1.165) is 31.9 Å². The van der Waals surface area contributed by atoms with E-state index >= 15 is 0 Å². The second-order valence-corrected chi connectivity index (χ2v) is 5.56. The van der Waals surface area contributed by atoms with Gasteiger partial charge >= 0.3 is 0 Å². The van der Waals surface area contributed by atoms with Crippen molar-refractivity contribution < 1.29 is 0 Å². The second kappa shape index (κ2) is 8.16. The molecule has 1 aromatic rings. The van der Waals surface area contributed by atoms with Crippen LogP contribution in [0.3, 0.4) is 0 Å². The molecule has 0 saturated carbocycles. The molecule has 1 aromatic heterocycles. The maximum Gasteiger partial charge on any atom is 0.128 e. The zero-order chi connectivity index (χ0) is 14.3. The molecule has 0 amide bonds. The highest BCUT2D eigenvalue weighted by Crippen LogP contribution is 2.17. The monoisotopic (exact) mass is 263 g/mol. The molecule has 1 unspecified atom stereocenters. The highest BCUT2D eigenvalue weighted by molar-refractivity contribution is 5.39. The number of nitrogens with zero attached hydrogens (tertiary/aromatic N) is 2. The van der Waals surface area contributed by atoms with Crippen molar-refractivity contribution in [1.82, 2.24) is 10.3 Å². The Morgan fingerprint density at radius 1 is 1.21 bits per heavy atom.